The number of sulfone groups is 1. The van der Waals surface area contributed by atoms with E-state index in [1.165, 1.54) is 55.1 Å². The van der Waals surface area contributed by atoms with E-state index in [1.807, 2.05) is 6.26 Å². The van der Waals surface area contributed by atoms with Gasteiger partial charge in [-0.1, -0.05) is 11.6 Å². The van der Waals surface area contributed by atoms with E-state index in [9.17, 15) is 23.3 Å². The lowest BCUT2D eigenvalue weighted by atomic mass is 10.2. The van der Waals surface area contributed by atoms with Crippen LogP contribution in [0.25, 0.3) is 0 Å². The van der Waals surface area contributed by atoms with Gasteiger partial charge in [0.1, 0.15) is 29.8 Å². The van der Waals surface area contributed by atoms with Gasteiger partial charge in [-0.15, -0.1) is 0 Å². The summed E-state index contributed by atoms with van der Waals surface area (Å²) in [6.45, 7) is 4.90. The number of hydrogen-bond acceptors (Lipinski definition) is 9. The number of ether oxygens (including phenoxy) is 2. The Balaban J connectivity index is 2.27. The van der Waals surface area contributed by atoms with E-state index >= 15 is 0 Å². The zero-order chi connectivity index (χ0) is 24.8. The molecule has 1 unspecified atom stereocenters. The van der Waals surface area contributed by atoms with Gasteiger partial charge >= 0.3 is 5.97 Å². The molecule has 2 aromatic carbocycles. The molecule has 0 saturated carbocycles. The first kappa shape index (κ1) is 26.7. The maximum Gasteiger partial charge on any atom is 0.328 e. The summed E-state index contributed by atoms with van der Waals surface area (Å²) in [5.74, 6) is 0.464. The van der Waals surface area contributed by atoms with Gasteiger partial charge in [-0.2, -0.15) is 11.8 Å². The molecule has 0 aromatic heterocycles. The minimum atomic E-state index is -3.51. The van der Waals surface area contributed by atoms with E-state index < -0.39 is 32.0 Å². The molecule has 0 aliphatic heterocycles. The van der Waals surface area contributed by atoms with Crippen LogP contribution < -0.4 is 10.1 Å². The van der Waals surface area contributed by atoms with Crippen molar-refractivity contribution in [1.29, 1.82) is 0 Å². The molecular weight excluding hydrogens is 492 g/mol. The number of nitro groups is 1. The highest BCUT2D eigenvalue weighted by molar-refractivity contribution is 7.98. The van der Waals surface area contributed by atoms with E-state index in [4.69, 9.17) is 21.1 Å². The van der Waals surface area contributed by atoms with Gasteiger partial charge in [-0.05, 0) is 51.3 Å². The molecule has 0 aliphatic rings. The summed E-state index contributed by atoms with van der Waals surface area (Å²) in [6.07, 6.45) is 1.88. The fourth-order valence-corrected chi connectivity index (χ4v) is 4.25. The lowest BCUT2D eigenvalue weighted by Gasteiger charge is -2.16. The lowest BCUT2D eigenvalue weighted by molar-refractivity contribution is -0.384. The number of benzene rings is 2. The maximum atomic E-state index is 12.3. The largest absolute Gasteiger partial charge is 0.463 e. The van der Waals surface area contributed by atoms with Crippen molar-refractivity contribution in [3.8, 4) is 11.5 Å². The Morgan fingerprint density at radius 1 is 1.21 bits per heavy atom. The Labute approximate surface area is 201 Å². The van der Waals surface area contributed by atoms with Gasteiger partial charge < -0.3 is 14.8 Å². The van der Waals surface area contributed by atoms with Crippen LogP contribution >= 0.6 is 23.4 Å². The summed E-state index contributed by atoms with van der Waals surface area (Å²) >= 11 is 7.75. The fraction of sp³-hybridized carbons (Fsp3) is 0.381. The second-order valence-corrected chi connectivity index (χ2v) is 11.1. The Kier molecular flexibility index (Phi) is 9.38. The first-order valence-electron chi connectivity index (χ1n) is 9.89. The molecule has 1 atom stereocenters. The number of nitrogens with one attached hydrogen (secondary N) is 1. The molecule has 0 heterocycles. The highest BCUT2D eigenvalue weighted by atomic mass is 35.5. The zero-order valence-electron chi connectivity index (χ0n) is 18.5. The van der Waals surface area contributed by atoms with Crippen LogP contribution in [-0.2, 0) is 19.4 Å². The molecule has 0 aliphatic carbocycles. The second-order valence-electron chi connectivity index (χ2n) is 7.25. The minimum Gasteiger partial charge on any atom is -0.463 e. The highest BCUT2D eigenvalue weighted by Gasteiger charge is 2.23. The Morgan fingerprint density at radius 2 is 1.91 bits per heavy atom. The van der Waals surface area contributed by atoms with Crippen molar-refractivity contribution in [3.05, 3.63) is 51.5 Å². The number of carbonyl (C=O) groups excluding carboxylic acids is 1. The van der Waals surface area contributed by atoms with Crippen molar-refractivity contribution in [3.63, 3.8) is 0 Å². The smallest absolute Gasteiger partial charge is 0.328 e. The van der Waals surface area contributed by atoms with Crippen LogP contribution in [0.15, 0.2) is 41.3 Å². The number of nitrogens with zero attached hydrogens (tertiary/aromatic N) is 1. The van der Waals surface area contributed by atoms with Gasteiger partial charge in [0.2, 0.25) is 0 Å². The number of esters is 1. The summed E-state index contributed by atoms with van der Waals surface area (Å²) in [4.78, 5) is 23.0. The van der Waals surface area contributed by atoms with Crippen molar-refractivity contribution in [1.82, 2.24) is 0 Å². The Bertz CT molecular complexity index is 1120. The summed E-state index contributed by atoms with van der Waals surface area (Å²) in [7, 11) is -3.51. The number of hydrogen-bond donors (Lipinski definition) is 1. The van der Waals surface area contributed by atoms with E-state index in [-0.39, 0.29) is 39.4 Å². The third-order valence-corrected chi connectivity index (χ3v) is 7.52. The first-order valence-corrected chi connectivity index (χ1v) is 13.2. The molecule has 9 nitrogen and oxygen atoms in total. The molecule has 33 heavy (non-hydrogen) atoms. The van der Waals surface area contributed by atoms with Gasteiger partial charge in [-0.3, -0.25) is 10.1 Å². The van der Waals surface area contributed by atoms with Crippen LogP contribution in [0.3, 0.4) is 0 Å². The normalized spacial score (nSPS) is 12.3. The molecule has 12 heteroatoms. The third kappa shape index (κ3) is 6.99. The molecule has 180 valence electrons. The summed E-state index contributed by atoms with van der Waals surface area (Å²) < 4.78 is 35.5. The molecular formula is C21H25ClN2O7S2. The van der Waals surface area contributed by atoms with Crippen molar-refractivity contribution in [2.45, 2.75) is 37.0 Å². The molecule has 0 bridgehead atoms. The number of thioether (sulfide) groups is 1. The highest BCUT2D eigenvalue weighted by Crippen LogP contribution is 2.36. The molecule has 2 aromatic rings. The van der Waals surface area contributed by atoms with Crippen LogP contribution in [-0.4, -0.2) is 49.2 Å². The van der Waals surface area contributed by atoms with E-state index in [2.05, 4.69) is 5.32 Å². The number of halogens is 1. The van der Waals surface area contributed by atoms with E-state index in [0.717, 1.165) is 0 Å². The van der Waals surface area contributed by atoms with Gasteiger partial charge in [-0.25, -0.2) is 13.2 Å². The first-order chi connectivity index (χ1) is 15.5. The van der Waals surface area contributed by atoms with Crippen LogP contribution in [0.1, 0.15) is 20.8 Å². The molecule has 2 rings (SSSR count). The fourth-order valence-electron chi connectivity index (χ4n) is 2.64. The molecule has 0 spiro atoms. The van der Waals surface area contributed by atoms with E-state index in [0.29, 0.717) is 5.75 Å². The number of anilines is 1. The SMILES string of the molecule is CSCCOC(=O)C(C)Nc1cc(Oc2ccc(S(=O)(=O)C(C)C)cc2Cl)ccc1[N+](=O)[O-]. The lowest BCUT2D eigenvalue weighted by Crippen LogP contribution is -2.29. The average molecular weight is 517 g/mol. The number of nitro benzene ring substituents is 1. The topological polar surface area (TPSA) is 125 Å². The van der Waals surface area contributed by atoms with Gasteiger partial charge in [0.05, 0.1) is 20.1 Å². The summed E-state index contributed by atoms with van der Waals surface area (Å²) in [5, 5.41) is 13.7. The number of rotatable bonds is 11. The monoisotopic (exact) mass is 516 g/mol. The van der Waals surface area contributed by atoms with Crippen LogP contribution in [0.5, 0.6) is 11.5 Å². The molecule has 0 saturated heterocycles. The van der Waals surface area contributed by atoms with Crippen molar-refractivity contribution >= 4 is 50.5 Å². The molecule has 0 radical (unpaired) electrons. The Morgan fingerprint density at radius 3 is 2.48 bits per heavy atom. The third-order valence-electron chi connectivity index (χ3n) is 4.50. The molecule has 0 amide bonds. The average Bonchev–Trinajstić information content (AvgIpc) is 2.75. The van der Waals surface area contributed by atoms with Crippen LogP contribution in [0.2, 0.25) is 5.02 Å². The van der Waals surface area contributed by atoms with Crippen molar-refractivity contribution in [2.75, 3.05) is 23.9 Å². The molecule has 0 fully saturated rings. The van der Waals surface area contributed by atoms with Crippen molar-refractivity contribution in [2.24, 2.45) is 0 Å². The van der Waals surface area contributed by atoms with Gasteiger partial charge in [0.15, 0.2) is 9.84 Å². The quantitative estimate of drug-likeness (QED) is 0.191. The second kappa shape index (κ2) is 11.6. The summed E-state index contributed by atoms with van der Waals surface area (Å²) in [5.41, 5.74) is -0.197. The Hall–Kier alpha value is -2.50. The summed E-state index contributed by atoms with van der Waals surface area (Å²) in [6, 6.07) is 7.22. The van der Waals surface area contributed by atoms with E-state index in [1.54, 1.807) is 13.8 Å². The predicted molar refractivity (Wildman–Crippen MR) is 129 cm³/mol. The van der Waals surface area contributed by atoms with Crippen LogP contribution in [0, 0.1) is 10.1 Å². The van der Waals surface area contributed by atoms with Crippen molar-refractivity contribution < 1.29 is 27.6 Å². The molecule has 1 N–H and O–H groups in total. The van der Waals surface area contributed by atoms with Gasteiger partial charge in [0.25, 0.3) is 5.69 Å². The maximum absolute atomic E-state index is 12.3. The predicted octanol–water partition coefficient (Wildman–Crippen LogP) is 4.93. The standard InChI is InChI=1S/C21H25ClN2O7S2/c1-13(2)33(28,29)16-6-8-20(17(22)12-16)31-15-5-7-19(24(26)27)18(11-15)23-14(3)21(25)30-9-10-32-4/h5-8,11-14,23H,9-10H2,1-4H3. The van der Waals surface area contributed by atoms with Crippen LogP contribution in [0.4, 0.5) is 11.4 Å². The number of carbonyl (C=O) groups is 1. The minimum absolute atomic E-state index is 0.0574. The van der Waals surface area contributed by atoms with Gasteiger partial charge in [0, 0.05) is 17.9 Å². The zero-order valence-corrected chi connectivity index (χ0v) is 20.9.